The number of benzene rings is 1. The summed E-state index contributed by atoms with van der Waals surface area (Å²) in [5.41, 5.74) is 0.932. The number of piperidine rings is 1. The van der Waals surface area contributed by atoms with Crippen LogP contribution in [0.4, 0.5) is 0 Å². The summed E-state index contributed by atoms with van der Waals surface area (Å²) in [6, 6.07) is 9.57. The summed E-state index contributed by atoms with van der Waals surface area (Å²) in [6.07, 6.45) is 1.90. The van der Waals surface area contributed by atoms with Crippen LogP contribution in [-0.4, -0.2) is 24.2 Å². The summed E-state index contributed by atoms with van der Waals surface area (Å²) in [4.78, 5) is 11.4. The fraction of sp³-hybridized carbons (Fsp3) is 0.462. The molecule has 4 heteroatoms. The van der Waals surface area contributed by atoms with Gasteiger partial charge >= 0.3 is 5.97 Å². The van der Waals surface area contributed by atoms with E-state index in [9.17, 15) is 9.90 Å². The molecule has 1 saturated heterocycles. The summed E-state index contributed by atoms with van der Waals surface area (Å²) < 4.78 is 0. The molecule has 1 aromatic carbocycles. The Hall–Kier alpha value is -0.870. The number of rotatable bonds is 3. The lowest BCUT2D eigenvalue weighted by Crippen LogP contribution is -2.33. The van der Waals surface area contributed by atoms with E-state index in [-0.39, 0.29) is 28.8 Å². The van der Waals surface area contributed by atoms with E-state index in [1.165, 1.54) is 0 Å². The lowest BCUT2D eigenvalue weighted by atomic mass is 9.80. The minimum Gasteiger partial charge on any atom is -0.481 e. The van der Waals surface area contributed by atoms with Crippen molar-refractivity contribution in [2.75, 3.05) is 13.1 Å². The van der Waals surface area contributed by atoms with Crippen LogP contribution < -0.4 is 5.32 Å². The van der Waals surface area contributed by atoms with Crippen molar-refractivity contribution < 1.29 is 9.90 Å². The van der Waals surface area contributed by atoms with Gasteiger partial charge in [-0.1, -0.05) is 30.3 Å². The van der Waals surface area contributed by atoms with Gasteiger partial charge in [0.15, 0.2) is 0 Å². The predicted octanol–water partition coefficient (Wildman–Crippen LogP) is 2.43. The van der Waals surface area contributed by atoms with Crippen molar-refractivity contribution in [3.63, 3.8) is 0 Å². The molecule has 94 valence electrons. The van der Waals surface area contributed by atoms with Gasteiger partial charge in [0.2, 0.25) is 0 Å². The molecule has 1 fully saturated rings. The molecule has 2 rings (SSSR count). The first kappa shape index (κ1) is 14.2. The normalized spacial score (nSPS) is 18.1. The Morgan fingerprint density at radius 1 is 1.24 bits per heavy atom. The lowest BCUT2D eigenvalue weighted by molar-refractivity contribution is -0.140. The van der Waals surface area contributed by atoms with E-state index < -0.39 is 5.97 Å². The van der Waals surface area contributed by atoms with Gasteiger partial charge in [0.25, 0.3) is 0 Å². The van der Waals surface area contributed by atoms with Crippen molar-refractivity contribution in [1.29, 1.82) is 0 Å². The number of carboxylic acids is 1. The molecule has 0 aromatic heterocycles. The van der Waals surface area contributed by atoms with Crippen LogP contribution in [-0.2, 0) is 4.79 Å². The van der Waals surface area contributed by atoms with Crippen molar-refractivity contribution in [2.24, 2.45) is 5.92 Å². The topological polar surface area (TPSA) is 49.3 Å². The smallest absolute Gasteiger partial charge is 0.311 e. The number of aliphatic carboxylic acids is 1. The second kappa shape index (κ2) is 6.77. The van der Waals surface area contributed by atoms with Gasteiger partial charge < -0.3 is 10.4 Å². The molecular weight excluding hydrogens is 282 g/mol. The Morgan fingerprint density at radius 3 is 2.35 bits per heavy atom. The first-order chi connectivity index (χ1) is 7.79. The molecule has 1 aromatic rings. The zero-order valence-electron chi connectivity index (χ0n) is 9.63. The Bertz CT molecular complexity index is 350. The number of halogens is 1. The third-order valence-corrected chi connectivity index (χ3v) is 3.28. The van der Waals surface area contributed by atoms with Gasteiger partial charge in [0.1, 0.15) is 0 Å². The molecule has 0 spiro atoms. The molecule has 0 aliphatic carbocycles. The number of hydrogen-bond donors (Lipinski definition) is 2. The third-order valence-electron chi connectivity index (χ3n) is 3.28. The van der Waals surface area contributed by atoms with Gasteiger partial charge in [-0.2, -0.15) is 0 Å². The first-order valence-electron chi connectivity index (χ1n) is 5.77. The van der Waals surface area contributed by atoms with E-state index in [1.807, 2.05) is 30.3 Å². The number of nitrogens with one attached hydrogen (secondary N) is 1. The van der Waals surface area contributed by atoms with Gasteiger partial charge in [0, 0.05) is 0 Å². The summed E-state index contributed by atoms with van der Waals surface area (Å²) in [7, 11) is 0. The van der Waals surface area contributed by atoms with E-state index >= 15 is 0 Å². The van der Waals surface area contributed by atoms with Crippen LogP contribution in [0.15, 0.2) is 30.3 Å². The maximum Gasteiger partial charge on any atom is 0.311 e. The van der Waals surface area contributed by atoms with Crippen molar-refractivity contribution in [3.8, 4) is 0 Å². The highest BCUT2D eigenvalue weighted by atomic mass is 79.9. The molecule has 0 bridgehead atoms. The van der Waals surface area contributed by atoms with Crippen LogP contribution in [0.2, 0.25) is 0 Å². The predicted molar refractivity (Wildman–Crippen MR) is 72.7 cm³/mol. The summed E-state index contributed by atoms with van der Waals surface area (Å²) in [5, 5.41) is 12.6. The second-order valence-corrected chi connectivity index (χ2v) is 4.31. The van der Waals surface area contributed by atoms with Gasteiger partial charge in [-0.05, 0) is 37.4 Å². The molecule has 1 aliphatic rings. The van der Waals surface area contributed by atoms with Crippen molar-refractivity contribution >= 4 is 23.0 Å². The largest absolute Gasteiger partial charge is 0.481 e. The van der Waals surface area contributed by atoms with E-state index in [4.69, 9.17) is 0 Å². The lowest BCUT2D eigenvalue weighted by Gasteiger charge is -2.28. The van der Waals surface area contributed by atoms with Crippen LogP contribution in [0.3, 0.4) is 0 Å². The minimum absolute atomic E-state index is 0. The maximum atomic E-state index is 11.4. The molecule has 1 heterocycles. The Balaban J connectivity index is 0.00000144. The number of carbonyl (C=O) groups is 1. The van der Waals surface area contributed by atoms with Crippen molar-refractivity contribution in [2.45, 2.75) is 18.8 Å². The minimum atomic E-state index is -0.696. The fourth-order valence-electron chi connectivity index (χ4n) is 2.45. The van der Waals surface area contributed by atoms with Gasteiger partial charge in [0.05, 0.1) is 5.92 Å². The monoisotopic (exact) mass is 299 g/mol. The Kier molecular flexibility index (Phi) is 5.65. The average molecular weight is 300 g/mol. The van der Waals surface area contributed by atoms with Crippen molar-refractivity contribution in [3.05, 3.63) is 35.9 Å². The van der Waals surface area contributed by atoms with Crippen LogP contribution >= 0.6 is 17.0 Å². The molecule has 1 unspecified atom stereocenters. The van der Waals surface area contributed by atoms with Crippen molar-refractivity contribution in [1.82, 2.24) is 5.32 Å². The molecule has 0 amide bonds. The van der Waals surface area contributed by atoms with E-state index in [1.54, 1.807) is 0 Å². The third kappa shape index (κ3) is 3.54. The van der Waals surface area contributed by atoms with E-state index in [0.29, 0.717) is 0 Å². The van der Waals surface area contributed by atoms with E-state index in [2.05, 4.69) is 5.32 Å². The quantitative estimate of drug-likeness (QED) is 0.901. The van der Waals surface area contributed by atoms with Crippen LogP contribution in [0, 0.1) is 5.92 Å². The van der Waals surface area contributed by atoms with Crippen LogP contribution in [0.5, 0.6) is 0 Å². The second-order valence-electron chi connectivity index (χ2n) is 4.31. The standard InChI is InChI=1S/C13H17NO2.BrH/c15-13(16)12(10-4-2-1-3-5-10)11-6-8-14-9-7-11;/h1-5,11-12,14H,6-9H2,(H,15,16);1H. The fourth-order valence-corrected chi connectivity index (χ4v) is 2.45. The van der Waals surface area contributed by atoms with Crippen LogP contribution in [0.1, 0.15) is 24.3 Å². The summed E-state index contributed by atoms with van der Waals surface area (Å²) in [5.74, 6) is -0.775. The molecule has 2 N–H and O–H groups in total. The summed E-state index contributed by atoms with van der Waals surface area (Å²) in [6.45, 7) is 1.86. The maximum absolute atomic E-state index is 11.4. The first-order valence-corrected chi connectivity index (χ1v) is 5.77. The Morgan fingerprint density at radius 2 is 1.82 bits per heavy atom. The number of carboxylic acid groups (broad SMARTS) is 1. The molecule has 0 radical (unpaired) electrons. The summed E-state index contributed by atoms with van der Waals surface area (Å²) >= 11 is 0. The molecule has 0 saturated carbocycles. The zero-order chi connectivity index (χ0) is 11.4. The highest BCUT2D eigenvalue weighted by Gasteiger charge is 2.30. The van der Waals surface area contributed by atoms with Crippen LogP contribution in [0.25, 0.3) is 0 Å². The van der Waals surface area contributed by atoms with Gasteiger partial charge in [-0.3, -0.25) is 4.79 Å². The molecule has 1 atom stereocenters. The molecular formula is C13H18BrNO2. The molecule has 3 nitrogen and oxygen atoms in total. The number of hydrogen-bond acceptors (Lipinski definition) is 2. The highest BCUT2D eigenvalue weighted by Crippen LogP contribution is 2.31. The van der Waals surface area contributed by atoms with E-state index in [0.717, 1.165) is 31.5 Å². The average Bonchev–Trinajstić information content (AvgIpc) is 2.31. The molecule has 1 aliphatic heterocycles. The SMILES string of the molecule is Br.O=C(O)C(c1ccccc1)C1CCNCC1. The zero-order valence-corrected chi connectivity index (χ0v) is 11.3. The Labute approximate surface area is 112 Å². The van der Waals surface area contributed by atoms with Gasteiger partial charge in [-0.25, -0.2) is 0 Å². The van der Waals surface area contributed by atoms with Gasteiger partial charge in [-0.15, -0.1) is 17.0 Å². The molecule has 17 heavy (non-hydrogen) atoms. The highest BCUT2D eigenvalue weighted by molar-refractivity contribution is 8.93.